The monoisotopic (exact) mass is 296 g/mol. The van der Waals surface area contributed by atoms with Crippen LogP contribution in [0.25, 0.3) is 0 Å². The molecule has 0 aromatic heterocycles. The van der Waals surface area contributed by atoms with Crippen molar-refractivity contribution < 1.29 is 0 Å². The highest BCUT2D eigenvalue weighted by Crippen LogP contribution is 2.32. The van der Waals surface area contributed by atoms with Gasteiger partial charge >= 0.3 is 0 Å². The van der Waals surface area contributed by atoms with Crippen molar-refractivity contribution in [3.8, 4) is 0 Å². The highest BCUT2D eigenvalue weighted by atomic mass is 79.9. The summed E-state index contributed by atoms with van der Waals surface area (Å²) in [6.07, 6.45) is 1.31. The first-order chi connectivity index (χ1) is 8.11. The highest BCUT2D eigenvalue weighted by Gasteiger charge is 2.20. The molecule has 2 atom stereocenters. The zero-order valence-electron chi connectivity index (χ0n) is 10.8. The van der Waals surface area contributed by atoms with Crippen molar-refractivity contribution in [2.24, 2.45) is 5.92 Å². The average molecular weight is 297 g/mol. The molecule has 0 amide bonds. The second-order valence-electron chi connectivity index (χ2n) is 5.06. The van der Waals surface area contributed by atoms with Gasteiger partial charge in [-0.3, -0.25) is 0 Å². The summed E-state index contributed by atoms with van der Waals surface area (Å²) in [5.41, 5.74) is 2.66. The van der Waals surface area contributed by atoms with Crippen LogP contribution in [0, 0.1) is 5.92 Å². The predicted molar refractivity (Wildman–Crippen MR) is 77.6 cm³/mol. The molecule has 1 N–H and O–H groups in total. The van der Waals surface area contributed by atoms with Crippen LogP contribution in [0.1, 0.15) is 31.9 Å². The molecule has 0 spiro atoms. The van der Waals surface area contributed by atoms with Gasteiger partial charge in [-0.2, -0.15) is 0 Å². The molecule has 1 aliphatic heterocycles. The summed E-state index contributed by atoms with van der Waals surface area (Å²) >= 11 is 3.71. The van der Waals surface area contributed by atoms with E-state index >= 15 is 0 Å². The number of rotatable bonds is 3. The van der Waals surface area contributed by atoms with E-state index < -0.39 is 0 Å². The smallest absolute Gasteiger partial charge is 0.0510 e. The largest absolute Gasteiger partial charge is 0.370 e. The Balaban J connectivity index is 2.20. The summed E-state index contributed by atoms with van der Waals surface area (Å²) in [5, 5.41) is 3.27. The lowest BCUT2D eigenvalue weighted by molar-refractivity contribution is 0.651. The molecule has 2 unspecified atom stereocenters. The second-order valence-corrected chi connectivity index (χ2v) is 5.92. The van der Waals surface area contributed by atoms with E-state index in [9.17, 15) is 0 Å². The summed E-state index contributed by atoms with van der Waals surface area (Å²) in [7, 11) is 1.99. The number of hydrogen-bond acceptors (Lipinski definition) is 2. The van der Waals surface area contributed by atoms with Crippen LogP contribution in [0.4, 0.5) is 5.69 Å². The van der Waals surface area contributed by atoms with E-state index in [1.165, 1.54) is 35.2 Å². The van der Waals surface area contributed by atoms with E-state index in [0.717, 1.165) is 5.92 Å². The Morgan fingerprint density at radius 3 is 2.76 bits per heavy atom. The molecule has 1 aromatic carbocycles. The Kier molecular flexibility index (Phi) is 4.10. The molecule has 17 heavy (non-hydrogen) atoms. The first-order valence-corrected chi connectivity index (χ1v) is 7.12. The minimum atomic E-state index is 0.401. The minimum Gasteiger partial charge on any atom is -0.370 e. The third-order valence-corrected chi connectivity index (χ3v) is 4.30. The van der Waals surface area contributed by atoms with E-state index in [1.54, 1.807) is 0 Å². The zero-order valence-corrected chi connectivity index (χ0v) is 12.4. The van der Waals surface area contributed by atoms with Crippen LogP contribution in [0.2, 0.25) is 0 Å². The Morgan fingerprint density at radius 2 is 2.24 bits per heavy atom. The topological polar surface area (TPSA) is 15.3 Å². The molecule has 2 nitrogen and oxygen atoms in total. The number of nitrogens with one attached hydrogen (secondary N) is 1. The van der Waals surface area contributed by atoms with Crippen LogP contribution >= 0.6 is 15.9 Å². The van der Waals surface area contributed by atoms with Gasteiger partial charge < -0.3 is 10.2 Å². The molecular weight excluding hydrogens is 276 g/mol. The van der Waals surface area contributed by atoms with Crippen LogP contribution in [-0.4, -0.2) is 20.1 Å². The van der Waals surface area contributed by atoms with Gasteiger partial charge in [-0.15, -0.1) is 0 Å². The molecule has 0 radical (unpaired) electrons. The maximum absolute atomic E-state index is 3.71. The van der Waals surface area contributed by atoms with Crippen molar-refractivity contribution >= 4 is 21.6 Å². The van der Waals surface area contributed by atoms with Gasteiger partial charge in [0.05, 0.1) is 5.69 Å². The molecule has 0 bridgehead atoms. The first-order valence-electron chi connectivity index (χ1n) is 6.33. The summed E-state index contributed by atoms with van der Waals surface area (Å²) in [4.78, 5) is 2.47. The van der Waals surface area contributed by atoms with E-state index in [4.69, 9.17) is 0 Å². The Morgan fingerprint density at radius 1 is 1.47 bits per heavy atom. The molecule has 3 heteroatoms. The maximum atomic E-state index is 3.71. The molecule has 1 heterocycles. The van der Waals surface area contributed by atoms with Crippen LogP contribution in [0.5, 0.6) is 0 Å². The fourth-order valence-electron chi connectivity index (χ4n) is 2.37. The van der Waals surface area contributed by atoms with Crippen LogP contribution in [0.15, 0.2) is 22.7 Å². The van der Waals surface area contributed by atoms with Crippen molar-refractivity contribution in [3.63, 3.8) is 0 Å². The number of anilines is 1. The Labute approximate surface area is 113 Å². The molecule has 1 fully saturated rings. The molecule has 94 valence electrons. The summed E-state index contributed by atoms with van der Waals surface area (Å²) < 4.78 is 1.21. The van der Waals surface area contributed by atoms with Gasteiger partial charge in [0.1, 0.15) is 0 Å². The number of hydrogen-bond donors (Lipinski definition) is 1. The standard InChI is InChI=1S/C14H21BrN2/c1-10-6-7-17(9-10)14-5-4-12(8-13(14)15)11(2)16-3/h4-5,8,10-11,16H,6-7,9H2,1-3H3. The molecule has 1 aliphatic rings. The summed E-state index contributed by atoms with van der Waals surface area (Å²) in [6.45, 7) is 6.87. The minimum absolute atomic E-state index is 0.401. The van der Waals surface area contributed by atoms with Crippen LogP contribution in [0.3, 0.4) is 0 Å². The third-order valence-electron chi connectivity index (χ3n) is 3.67. The number of halogens is 1. The van der Waals surface area contributed by atoms with Gasteiger partial charge in [0.15, 0.2) is 0 Å². The molecular formula is C14H21BrN2. The number of benzene rings is 1. The Bertz CT molecular complexity index is 392. The van der Waals surface area contributed by atoms with E-state index in [-0.39, 0.29) is 0 Å². The van der Waals surface area contributed by atoms with Gasteiger partial charge in [-0.05, 0) is 59.9 Å². The number of nitrogens with zero attached hydrogens (tertiary/aromatic N) is 1. The predicted octanol–water partition coefficient (Wildman–Crippen LogP) is 3.58. The van der Waals surface area contributed by atoms with Gasteiger partial charge in [0.25, 0.3) is 0 Å². The molecule has 1 saturated heterocycles. The first kappa shape index (κ1) is 12.9. The van der Waals surface area contributed by atoms with Crippen molar-refractivity contribution in [3.05, 3.63) is 28.2 Å². The second kappa shape index (κ2) is 5.40. The highest BCUT2D eigenvalue weighted by molar-refractivity contribution is 9.10. The molecule has 0 aliphatic carbocycles. The molecule has 0 saturated carbocycles. The van der Waals surface area contributed by atoms with Crippen molar-refractivity contribution in [1.29, 1.82) is 0 Å². The SMILES string of the molecule is CNC(C)c1ccc(N2CCC(C)C2)c(Br)c1. The van der Waals surface area contributed by atoms with Crippen molar-refractivity contribution in [2.45, 2.75) is 26.3 Å². The third kappa shape index (κ3) is 2.83. The lowest BCUT2D eigenvalue weighted by Gasteiger charge is -2.21. The van der Waals surface area contributed by atoms with Gasteiger partial charge in [-0.25, -0.2) is 0 Å². The van der Waals surface area contributed by atoms with E-state index in [2.05, 4.69) is 58.2 Å². The zero-order chi connectivity index (χ0) is 12.4. The van der Waals surface area contributed by atoms with Crippen LogP contribution < -0.4 is 10.2 Å². The molecule has 2 rings (SSSR count). The normalized spacial score (nSPS) is 21.9. The van der Waals surface area contributed by atoms with E-state index in [1.807, 2.05) is 7.05 Å². The van der Waals surface area contributed by atoms with Crippen LogP contribution in [-0.2, 0) is 0 Å². The molecule has 1 aromatic rings. The van der Waals surface area contributed by atoms with Crippen molar-refractivity contribution in [1.82, 2.24) is 5.32 Å². The van der Waals surface area contributed by atoms with Gasteiger partial charge in [0, 0.05) is 23.6 Å². The van der Waals surface area contributed by atoms with E-state index in [0.29, 0.717) is 6.04 Å². The van der Waals surface area contributed by atoms with Gasteiger partial charge in [0.2, 0.25) is 0 Å². The van der Waals surface area contributed by atoms with Crippen molar-refractivity contribution in [2.75, 3.05) is 25.0 Å². The lowest BCUT2D eigenvalue weighted by Crippen LogP contribution is -2.20. The fourth-order valence-corrected chi connectivity index (χ4v) is 3.02. The fraction of sp³-hybridized carbons (Fsp3) is 0.571. The summed E-state index contributed by atoms with van der Waals surface area (Å²) in [6, 6.07) is 7.10. The van der Waals surface area contributed by atoms with Gasteiger partial charge in [-0.1, -0.05) is 13.0 Å². The maximum Gasteiger partial charge on any atom is 0.0510 e. The quantitative estimate of drug-likeness (QED) is 0.917. The lowest BCUT2D eigenvalue weighted by atomic mass is 10.1. The summed E-state index contributed by atoms with van der Waals surface area (Å²) in [5.74, 6) is 0.817. The Hall–Kier alpha value is -0.540. The average Bonchev–Trinajstić information content (AvgIpc) is 2.74.